The first-order valence-electron chi connectivity index (χ1n) is 16.6. The van der Waals surface area contributed by atoms with Crippen molar-refractivity contribution in [2.24, 2.45) is 23.5 Å². The van der Waals surface area contributed by atoms with Gasteiger partial charge in [0.15, 0.2) is 0 Å². The summed E-state index contributed by atoms with van der Waals surface area (Å²) >= 11 is 0. The number of anilines is 1. The number of carbonyl (C=O) groups excluding carboxylic acids is 3. The highest BCUT2D eigenvalue weighted by Crippen LogP contribution is 2.37. The first-order valence-corrected chi connectivity index (χ1v) is 16.6. The molecule has 1 aromatic carbocycles. The molecular formula is C35H56FN3O6. The van der Waals surface area contributed by atoms with Gasteiger partial charge < -0.3 is 34.6 Å². The van der Waals surface area contributed by atoms with Gasteiger partial charge in [0.1, 0.15) is 25.2 Å². The largest absolute Gasteiger partial charge is 0.457 e. The lowest BCUT2D eigenvalue weighted by atomic mass is 9.77. The number of nitrogens with zero attached hydrogens (tertiary/aromatic N) is 1. The molecular weight excluding hydrogens is 577 g/mol. The van der Waals surface area contributed by atoms with E-state index in [0.29, 0.717) is 29.5 Å². The number of ether oxygens (including phenoxy) is 2. The van der Waals surface area contributed by atoms with Gasteiger partial charge in [-0.25, -0.2) is 9.18 Å². The van der Waals surface area contributed by atoms with Crippen LogP contribution in [0.5, 0.6) is 0 Å². The van der Waals surface area contributed by atoms with Crippen LogP contribution >= 0.6 is 0 Å². The first kappa shape index (κ1) is 38.4. The highest BCUT2D eigenvalue weighted by molar-refractivity contribution is 5.94. The monoisotopic (exact) mass is 633 g/mol. The maximum absolute atomic E-state index is 11.9. The number of amides is 1. The number of nitrogens with two attached hydrogens (primary N) is 1. The Kier molecular flexibility index (Phi) is 18.0. The molecule has 0 spiro atoms. The van der Waals surface area contributed by atoms with E-state index in [9.17, 15) is 18.8 Å². The molecule has 45 heavy (non-hydrogen) atoms. The van der Waals surface area contributed by atoms with E-state index in [0.717, 1.165) is 43.4 Å². The van der Waals surface area contributed by atoms with E-state index in [1.165, 1.54) is 45.1 Å². The summed E-state index contributed by atoms with van der Waals surface area (Å²) in [4.78, 5) is 35.1. The van der Waals surface area contributed by atoms with Gasteiger partial charge in [-0.15, -0.1) is 0 Å². The predicted molar refractivity (Wildman–Crippen MR) is 177 cm³/mol. The van der Waals surface area contributed by atoms with Crippen LogP contribution in [0.3, 0.4) is 0 Å². The summed E-state index contributed by atoms with van der Waals surface area (Å²) in [7, 11) is 3.83. The van der Waals surface area contributed by atoms with Crippen molar-refractivity contribution in [1.82, 2.24) is 4.90 Å². The maximum Gasteiger partial charge on any atom is 0.374 e. The van der Waals surface area contributed by atoms with Crippen molar-refractivity contribution in [2.75, 3.05) is 39.3 Å². The number of furan rings is 1. The number of fused-ring (bicyclic) bond motifs is 1. The molecule has 1 aliphatic heterocycles. The third kappa shape index (κ3) is 13.2. The van der Waals surface area contributed by atoms with Crippen LogP contribution in [0.2, 0.25) is 0 Å². The van der Waals surface area contributed by atoms with Crippen molar-refractivity contribution < 1.29 is 32.7 Å². The smallest absolute Gasteiger partial charge is 0.374 e. The maximum atomic E-state index is 11.9. The molecule has 10 heteroatoms. The summed E-state index contributed by atoms with van der Waals surface area (Å²) < 4.78 is 27.3. The van der Waals surface area contributed by atoms with Crippen LogP contribution in [0.1, 0.15) is 95.5 Å². The lowest BCUT2D eigenvalue weighted by molar-refractivity contribution is -0.111. The zero-order chi connectivity index (χ0) is 33.2. The van der Waals surface area contributed by atoms with E-state index < -0.39 is 12.6 Å². The second-order valence-corrected chi connectivity index (χ2v) is 12.5. The number of carbonyl (C=O) groups is 3. The predicted octanol–water partition coefficient (Wildman–Crippen LogP) is 6.78. The van der Waals surface area contributed by atoms with Gasteiger partial charge >= 0.3 is 5.97 Å². The standard InChI is InChI=1S/C14H15NO5.C12H23N.C9H18FNO/c1-9(18-2)7-19-14(17)13-6-10-5-11(15-8-16)3-4-12(10)20-13;1-10-12(8-9-13(10)2)11-6-4-3-5-7-11;1-2-8(7-12)4-3-5-9(11)6-10/h3-6,8-9H,7H2,1-2H3,(H,15,16);10-12H,3-9H2,1-2H3;7-9H,2-6,11H2,1H3. The number of esters is 1. The molecule has 1 aliphatic carbocycles. The number of benzene rings is 1. The molecule has 254 valence electrons. The Morgan fingerprint density at radius 3 is 2.49 bits per heavy atom. The Morgan fingerprint density at radius 2 is 1.91 bits per heavy atom. The van der Waals surface area contributed by atoms with Gasteiger partial charge in [0.05, 0.1) is 6.10 Å². The number of halogens is 1. The second-order valence-electron chi connectivity index (χ2n) is 12.5. The number of hydrogen-bond acceptors (Lipinski definition) is 8. The highest BCUT2D eigenvalue weighted by atomic mass is 19.1. The van der Waals surface area contributed by atoms with Crippen LogP contribution in [0.4, 0.5) is 10.1 Å². The molecule has 1 saturated carbocycles. The SMILES string of the molecule is CC1C(C2CCCCC2)CCN1C.CCC(C=O)CCCC(N)CF.COC(C)COC(=O)c1cc2cc(NC=O)ccc2o1. The number of nitrogens with one attached hydrogen (secondary N) is 1. The average Bonchev–Trinajstić information content (AvgIpc) is 3.65. The summed E-state index contributed by atoms with van der Waals surface area (Å²) in [6, 6.07) is 7.16. The van der Waals surface area contributed by atoms with Gasteiger partial charge in [-0.1, -0.05) is 45.4 Å². The first-order chi connectivity index (χ1) is 21.7. The van der Waals surface area contributed by atoms with Gasteiger partial charge in [-0.05, 0) is 89.2 Å². The Morgan fingerprint density at radius 1 is 1.18 bits per heavy atom. The Labute approximate surface area is 268 Å². The fourth-order valence-electron chi connectivity index (χ4n) is 6.04. The summed E-state index contributed by atoms with van der Waals surface area (Å²) in [6.45, 7) is 7.23. The molecule has 9 nitrogen and oxygen atoms in total. The van der Waals surface area contributed by atoms with Crippen LogP contribution in [0, 0.1) is 17.8 Å². The summed E-state index contributed by atoms with van der Waals surface area (Å²) in [5, 5.41) is 3.24. The fourth-order valence-corrected chi connectivity index (χ4v) is 6.04. The van der Waals surface area contributed by atoms with E-state index >= 15 is 0 Å². The highest BCUT2D eigenvalue weighted by Gasteiger charge is 2.34. The zero-order valence-electron chi connectivity index (χ0n) is 28.0. The molecule has 5 atom stereocenters. The molecule has 3 N–H and O–H groups in total. The van der Waals surface area contributed by atoms with Crippen LogP contribution in [0.15, 0.2) is 28.7 Å². The lowest BCUT2D eigenvalue weighted by Gasteiger charge is -2.31. The summed E-state index contributed by atoms with van der Waals surface area (Å²) in [5.41, 5.74) is 6.55. The molecule has 2 aliphatic rings. The second kappa shape index (κ2) is 21.1. The van der Waals surface area contributed by atoms with E-state index in [2.05, 4.69) is 24.2 Å². The van der Waals surface area contributed by atoms with Crippen LogP contribution in [-0.4, -0.2) is 75.7 Å². The van der Waals surface area contributed by atoms with Crippen molar-refractivity contribution in [1.29, 1.82) is 0 Å². The van der Waals surface area contributed by atoms with Gasteiger partial charge in [0, 0.05) is 36.2 Å². The summed E-state index contributed by atoms with van der Waals surface area (Å²) in [6.07, 6.45) is 13.6. The molecule has 2 fully saturated rings. The van der Waals surface area contributed by atoms with Crippen LogP contribution in [0.25, 0.3) is 11.0 Å². The minimum Gasteiger partial charge on any atom is -0.457 e. The van der Waals surface area contributed by atoms with Crippen molar-refractivity contribution in [2.45, 2.75) is 103 Å². The normalized spacial score (nSPS) is 20.6. The van der Waals surface area contributed by atoms with E-state index in [1.54, 1.807) is 38.3 Å². The molecule has 2 aromatic rings. The number of likely N-dealkylation sites (tertiary alicyclic amines) is 1. The third-order valence-corrected chi connectivity index (χ3v) is 9.24. The third-order valence-electron chi connectivity index (χ3n) is 9.24. The van der Waals surface area contributed by atoms with Crippen molar-refractivity contribution in [3.8, 4) is 0 Å². The molecule has 1 saturated heterocycles. The Hall–Kier alpha value is -2.82. The quantitative estimate of drug-likeness (QED) is 0.172. The van der Waals surface area contributed by atoms with Crippen molar-refractivity contribution in [3.05, 3.63) is 30.0 Å². The zero-order valence-corrected chi connectivity index (χ0v) is 28.0. The number of hydrogen-bond donors (Lipinski definition) is 2. The molecule has 0 bridgehead atoms. The van der Waals surface area contributed by atoms with Crippen LogP contribution < -0.4 is 11.1 Å². The van der Waals surface area contributed by atoms with E-state index in [1.807, 2.05) is 6.92 Å². The minimum atomic E-state index is -0.546. The molecule has 2 heterocycles. The van der Waals surface area contributed by atoms with E-state index in [4.69, 9.17) is 19.6 Å². The van der Waals surface area contributed by atoms with Crippen molar-refractivity contribution >= 4 is 35.3 Å². The molecule has 1 amide bonds. The summed E-state index contributed by atoms with van der Waals surface area (Å²) in [5.74, 6) is 1.79. The Bertz CT molecular complexity index is 1140. The number of methoxy groups -OCH3 is 1. The lowest BCUT2D eigenvalue weighted by Crippen LogP contribution is -2.30. The number of rotatable bonds is 14. The average molecular weight is 634 g/mol. The molecule has 5 unspecified atom stereocenters. The van der Waals surface area contributed by atoms with Gasteiger partial charge in [0.25, 0.3) is 0 Å². The van der Waals surface area contributed by atoms with Gasteiger partial charge in [0.2, 0.25) is 12.2 Å². The number of aldehydes is 1. The number of alkyl halides is 1. The van der Waals surface area contributed by atoms with E-state index in [-0.39, 0.29) is 30.4 Å². The minimum absolute atomic E-state index is 0.117. The fraction of sp³-hybridized carbons (Fsp3) is 0.686. The molecule has 0 radical (unpaired) electrons. The molecule has 4 rings (SSSR count). The van der Waals surface area contributed by atoms with Gasteiger partial charge in [-0.2, -0.15) is 0 Å². The molecule has 1 aromatic heterocycles. The van der Waals surface area contributed by atoms with Gasteiger partial charge in [-0.3, -0.25) is 4.79 Å². The van der Waals surface area contributed by atoms with Crippen molar-refractivity contribution in [3.63, 3.8) is 0 Å². The topological polar surface area (TPSA) is 124 Å². The Balaban J connectivity index is 0.000000247. The van der Waals surface area contributed by atoms with Crippen LogP contribution in [-0.2, 0) is 19.1 Å².